The van der Waals surface area contributed by atoms with Gasteiger partial charge in [0, 0.05) is 18.8 Å². The summed E-state index contributed by atoms with van der Waals surface area (Å²) in [5.74, 6) is 0. The lowest BCUT2D eigenvalue weighted by Crippen LogP contribution is -2.20. The first kappa shape index (κ1) is 16.0. The molecule has 0 bridgehead atoms. The van der Waals surface area contributed by atoms with Crippen LogP contribution in [-0.4, -0.2) is 17.5 Å². The number of fused-ring (bicyclic) bond motifs is 1. The van der Waals surface area contributed by atoms with E-state index in [1.165, 1.54) is 23.6 Å². The first-order valence-corrected chi connectivity index (χ1v) is 6.74. The number of carbonyl (C=O) groups is 2. The topological polar surface area (TPSA) is 63.4 Å². The Kier molecular flexibility index (Phi) is 5.97. The molecular formula is C16H22N2O2. The zero-order chi connectivity index (χ0) is 15.1. The van der Waals surface area contributed by atoms with Gasteiger partial charge in [-0.15, -0.1) is 0 Å². The number of allylic oxidation sites excluding steroid dienone is 2. The van der Waals surface area contributed by atoms with Crippen LogP contribution < -0.4 is 5.73 Å². The van der Waals surface area contributed by atoms with Crippen molar-refractivity contribution in [3.8, 4) is 0 Å². The maximum Gasteiger partial charge on any atom is 0.167 e. The highest BCUT2D eigenvalue weighted by Crippen LogP contribution is 2.27. The van der Waals surface area contributed by atoms with Crippen molar-refractivity contribution in [2.75, 3.05) is 0 Å². The third-order valence-electron chi connectivity index (χ3n) is 3.26. The van der Waals surface area contributed by atoms with Gasteiger partial charge >= 0.3 is 0 Å². The second kappa shape index (κ2) is 7.48. The number of aryl methyl sites for hydroxylation is 1. The molecule has 20 heavy (non-hydrogen) atoms. The highest BCUT2D eigenvalue weighted by Gasteiger charge is 2.21. The van der Waals surface area contributed by atoms with Crippen molar-refractivity contribution in [1.29, 1.82) is 0 Å². The number of nitrogens with two attached hydrogens (primary N) is 1. The predicted octanol–water partition coefficient (Wildman–Crippen LogP) is 2.16. The van der Waals surface area contributed by atoms with Crippen molar-refractivity contribution in [2.24, 2.45) is 5.73 Å². The van der Waals surface area contributed by atoms with E-state index in [0.717, 1.165) is 32.1 Å². The molecule has 1 heterocycles. The van der Waals surface area contributed by atoms with Crippen LogP contribution in [0.25, 0.3) is 0 Å². The van der Waals surface area contributed by atoms with Crippen LogP contribution >= 0.6 is 0 Å². The van der Waals surface area contributed by atoms with Gasteiger partial charge in [-0.05, 0) is 37.0 Å². The van der Waals surface area contributed by atoms with E-state index in [9.17, 15) is 4.79 Å². The molecular weight excluding hydrogens is 252 g/mol. The second-order valence-corrected chi connectivity index (χ2v) is 4.73. The van der Waals surface area contributed by atoms with Crippen LogP contribution in [0.5, 0.6) is 0 Å². The van der Waals surface area contributed by atoms with Gasteiger partial charge in [-0.3, -0.25) is 4.79 Å². The van der Waals surface area contributed by atoms with Crippen LogP contribution in [0, 0.1) is 0 Å². The van der Waals surface area contributed by atoms with Crippen LogP contribution in [-0.2, 0) is 29.1 Å². The Labute approximate surface area is 120 Å². The summed E-state index contributed by atoms with van der Waals surface area (Å²) in [6.07, 6.45) is 2.64. The molecule has 1 aliphatic heterocycles. The van der Waals surface area contributed by atoms with E-state index < -0.39 is 0 Å². The van der Waals surface area contributed by atoms with E-state index >= 15 is 0 Å². The minimum atomic E-state index is 0.587. The minimum Gasteiger partial charge on any atom is -0.401 e. The predicted molar refractivity (Wildman–Crippen MR) is 79.8 cm³/mol. The molecule has 0 unspecified atom stereocenters. The fourth-order valence-corrected chi connectivity index (χ4v) is 2.25. The number of hydrogen-bond acceptors (Lipinski definition) is 4. The van der Waals surface area contributed by atoms with E-state index in [1.807, 2.05) is 4.90 Å². The number of aldehydes is 2. The van der Waals surface area contributed by atoms with Crippen LogP contribution in [0.2, 0.25) is 0 Å². The quantitative estimate of drug-likeness (QED) is 0.677. The third-order valence-corrected chi connectivity index (χ3v) is 3.26. The molecule has 0 aromatic heterocycles. The van der Waals surface area contributed by atoms with Crippen molar-refractivity contribution < 1.29 is 9.59 Å². The normalized spacial score (nSPS) is 13.8. The Balaban J connectivity index is 0.000000612. The van der Waals surface area contributed by atoms with Crippen molar-refractivity contribution in [1.82, 2.24) is 4.90 Å². The summed E-state index contributed by atoms with van der Waals surface area (Å²) in [7, 11) is 0. The molecule has 1 aliphatic rings. The van der Waals surface area contributed by atoms with Gasteiger partial charge in [0.25, 0.3) is 0 Å². The Morgan fingerprint density at radius 2 is 1.90 bits per heavy atom. The van der Waals surface area contributed by atoms with Crippen molar-refractivity contribution in [3.05, 3.63) is 46.3 Å². The summed E-state index contributed by atoms with van der Waals surface area (Å²) >= 11 is 0. The molecule has 108 valence electrons. The van der Waals surface area contributed by atoms with Gasteiger partial charge in [0.05, 0.1) is 5.70 Å². The van der Waals surface area contributed by atoms with Gasteiger partial charge in [0.2, 0.25) is 0 Å². The van der Waals surface area contributed by atoms with Gasteiger partial charge in [0.15, 0.2) is 6.29 Å². The van der Waals surface area contributed by atoms with Crippen LogP contribution in [0.15, 0.2) is 29.6 Å². The number of rotatable bonds is 3. The second-order valence-electron chi connectivity index (χ2n) is 4.73. The molecule has 0 fully saturated rings. The van der Waals surface area contributed by atoms with E-state index in [-0.39, 0.29) is 0 Å². The molecule has 0 spiro atoms. The number of carbonyl (C=O) groups excluding carboxylic acids is 2. The molecule has 0 aliphatic carbocycles. The van der Waals surface area contributed by atoms with Crippen molar-refractivity contribution >= 4 is 12.6 Å². The van der Waals surface area contributed by atoms with E-state index in [0.29, 0.717) is 11.4 Å². The molecule has 0 amide bonds. The SMILES string of the molecule is CC=O.CCc1ccc2c(c1)CN(/C(C=O)=C(/C)N)C2. The molecule has 2 rings (SSSR count). The highest BCUT2D eigenvalue weighted by molar-refractivity contribution is 5.73. The fourth-order valence-electron chi connectivity index (χ4n) is 2.25. The van der Waals surface area contributed by atoms with Crippen molar-refractivity contribution in [3.63, 3.8) is 0 Å². The Morgan fingerprint density at radius 3 is 2.40 bits per heavy atom. The van der Waals surface area contributed by atoms with Gasteiger partial charge in [-0.2, -0.15) is 0 Å². The standard InChI is InChI=1S/C14H18N2O.C2H4O/c1-3-11-4-5-12-7-16(8-13(12)6-11)14(9-17)10(2)15;1-2-3/h4-6,9H,3,7-8,15H2,1-2H3;2H,1H3/b14-10-;. The maximum absolute atomic E-state index is 11.0. The Hall–Kier alpha value is -2.10. The lowest BCUT2D eigenvalue weighted by atomic mass is 10.1. The molecule has 1 aromatic carbocycles. The lowest BCUT2D eigenvalue weighted by molar-refractivity contribution is -0.107. The fraction of sp³-hybridized carbons (Fsp3) is 0.375. The largest absolute Gasteiger partial charge is 0.401 e. The van der Waals surface area contributed by atoms with Crippen LogP contribution in [0.1, 0.15) is 37.5 Å². The number of nitrogens with zero attached hydrogens (tertiary/aromatic N) is 1. The number of benzene rings is 1. The third kappa shape index (κ3) is 3.70. The zero-order valence-corrected chi connectivity index (χ0v) is 12.3. The molecule has 0 saturated heterocycles. The molecule has 0 radical (unpaired) electrons. The molecule has 0 saturated carbocycles. The monoisotopic (exact) mass is 274 g/mol. The maximum atomic E-state index is 11.0. The van der Waals surface area contributed by atoms with E-state index in [4.69, 9.17) is 10.5 Å². The summed E-state index contributed by atoms with van der Waals surface area (Å²) in [5.41, 5.74) is 10.9. The van der Waals surface area contributed by atoms with E-state index in [2.05, 4.69) is 25.1 Å². The van der Waals surface area contributed by atoms with Gasteiger partial charge < -0.3 is 15.4 Å². The van der Waals surface area contributed by atoms with Crippen LogP contribution in [0.3, 0.4) is 0 Å². The summed E-state index contributed by atoms with van der Waals surface area (Å²) < 4.78 is 0. The summed E-state index contributed by atoms with van der Waals surface area (Å²) in [4.78, 5) is 21.9. The summed E-state index contributed by atoms with van der Waals surface area (Å²) in [5, 5.41) is 0. The van der Waals surface area contributed by atoms with Crippen LogP contribution in [0.4, 0.5) is 0 Å². The Bertz CT molecular complexity index is 517. The number of hydrogen-bond donors (Lipinski definition) is 1. The van der Waals surface area contributed by atoms with Gasteiger partial charge in [-0.25, -0.2) is 0 Å². The minimum absolute atomic E-state index is 0.587. The average Bonchev–Trinajstić information content (AvgIpc) is 2.82. The first-order chi connectivity index (χ1) is 9.57. The average molecular weight is 274 g/mol. The van der Waals surface area contributed by atoms with Crippen molar-refractivity contribution in [2.45, 2.75) is 40.3 Å². The summed E-state index contributed by atoms with van der Waals surface area (Å²) in [6.45, 7) is 6.92. The summed E-state index contributed by atoms with van der Waals surface area (Å²) in [6, 6.07) is 6.54. The molecule has 4 heteroatoms. The lowest BCUT2D eigenvalue weighted by Gasteiger charge is -2.18. The molecule has 1 aromatic rings. The Morgan fingerprint density at radius 1 is 1.30 bits per heavy atom. The zero-order valence-electron chi connectivity index (χ0n) is 12.3. The molecule has 0 atom stereocenters. The molecule has 2 N–H and O–H groups in total. The smallest absolute Gasteiger partial charge is 0.167 e. The highest BCUT2D eigenvalue weighted by atomic mass is 16.1. The van der Waals surface area contributed by atoms with Gasteiger partial charge in [-0.1, -0.05) is 25.1 Å². The first-order valence-electron chi connectivity index (χ1n) is 6.74. The molecule has 4 nitrogen and oxygen atoms in total. The van der Waals surface area contributed by atoms with E-state index in [1.54, 1.807) is 6.92 Å². The van der Waals surface area contributed by atoms with Gasteiger partial charge in [0.1, 0.15) is 6.29 Å².